The van der Waals surface area contributed by atoms with Crippen molar-refractivity contribution in [3.63, 3.8) is 0 Å². The minimum absolute atomic E-state index is 0.103. The van der Waals surface area contributed by atoms with E-state index < -0.39 is 11.7 Å². The van der Waals surface area contributed by atoms with Crippen LogP contribution >= 0.6 is 15.9 Å². The van der Waals surface area contributed by atoms with Crippen molar-refractivity contribution in [1.29, 1.82) is 0 Å². The Morgan fingerprint density at radius 1 is 1.35 bits per heavy atom. The quantitative estimate of drug-likeness (QED) is 0.699. The molecule has 2 amide bonds. The average Bonchev–Trinajstić information content (AvgIpc) is 2.96. The van der Waals surface area contributed by atoms with E-state index in [4.69, 9.17) is 5.73 Å². The summed E-state index contributed by atoms with van der Waals surface area (Å²) in [5.41, 5.74) is 5.90. The van der Waals surface area contributed by atoms with Crippen molar-refractivity contribution in [3.05, 3.63) is 34.1 Å². The van der Waals surface area contributed by atoms with Gasteiger partial charge >= 0.3 is 0 Å². The fraction of sp³-hybridized carbons (Fsp3) is 0.500. The first-order valence-corrected chi connectivity index (χ1v) is 8.53. The van der Waals surface area contributed by atoms with E-state index in [-0.39, 0.29) is 30.5 Å². The lowest BCUT2D eigenvalue weighted by atomic mass is 10.0. The number of carbonyl (C=O) groups is 2. The Hall–Kier alpha value is -1.47. The highest BCUT2D eigenvalue weighted by Crippen LogP contribution is 2.24. The summed E-state index contributed by atoms with van der Waals surface area (Å²) in [5.74, 6) is -0.652. The third kappa shape index (κ3) is 5.00. The number of carbonyl (C=O) groups excluding carboxylic acids is 2. The minimum atomic E-state index is -0.481. The lowest BCUT2D eigenvalue weighted by Crippen LogP contribution is -2.41. The number of halogens is 2. The summed E-state index contributed by atoms with van der Waals surface area (Å²) in [5, 5.41) is 5.60. The Morgan fingerprint density at radius 3 is 2.87 bits per heavy atom. The molecule has 5 nitrogen and oxygen atoms in total. The highest BCUT2D eigenvalue weighted by molar-refractivity contribution is 9.10. The lowest BCUT2D eigenvalue weighted by molar-refractivity contribution is -0.121. The molecule has 1 aliphatic rings. The second-order valence-corrected chi connectivity index (χ2v) is 6.59. The van der Waals surface area contributed by atoms with Gasteiger partial charge in [-0.15, -0.1) is 0 Å². The standard InChI is InChI=1S/C16H21BrFN3O2/c17-13-5-4-11(18)8-12(13)16(23)20-7-6-15(22)21-14-3-1-2-10(14)9-19/h4-5,8,10,14H,1-3,6-7,9,19H2,(H,20,23)(H,21,22). The van der Waals surface area contributed by atoms with Gasteiger partial charge in [-0.3, -0.25) is 9.59 Å². The summed E-state index contributed by atoms with van der Waals surface area (Å²) >= 11 is 3.21. The van der Waals surface area contributed by atoms with Crippen LogP contribution in [0.3, 0.4) is 0 Å². The van der Waals surface area contributed by atoms with Crippen molar-refractivity contribution >= 4 is 27.7 Å². The van der Waals surface area contributed by atoms with Crippen LogP contribution in [0.5, 0.6) is 0 Å². The van der Waals surface area contributed by atoms with E-state index in [2.05, 4.69) is 26.6 Å². The Morgan fingerprint density at radius 2 is 2.13 bits per heavy atom. The molecule has 23 heavy (non-hydrogen) atoms. The van der Waals surface area contributed by atoms with Crippen LogP contribution in [-0.4, -0.2) is 30.9 Å². The fourth-order valence-corrected chi connectivity index (χ4v) is 3.27. The summed E-state index contributed by atoms with van der Waals surface area (Å²) in [7, 11) is 0. The van der Waals surface area contributed by atoms with Gasteiger partial charge in [0.1, 0.15) is 5.82 Å². The topological polar surface area (TPSA) is 84.2 Å². The van der Waals surface area contributed by atoms with Crippen molar-refractivity contribution in [3.8, 4) is 0 Å². The van der Waals surface area contributed by atoms with Crippen LogP contribution in [0.25, 0.3) is 0 Å². The third-order valence-corrected chi connectivity index (χ3v) is 4.81. The fourth-order valence-electron chi connectivity index (χ4n) is 2.84. The Labute approximate surface area is 143 Å². The molecule has 126 valence electrons. The third-order valence-electron chi connectivity index (χ3n) is 4.12. The van der Waals surface area contributed by atoms with Crippen molar-refractivity contribution in [2.75, 3.05) is 13.1 Å². The predicted octanol–water partition coefficient (Wildman–Crippen LogP) is 1.95. The maximum absolute atomic E-state index is 13.2. The SMILES string of the molecule is NCC1CCCC1NC(=O)CCNC(=O)c1cc(F)ccc1Br. The van der Waals surface area contributed by atoms with Crippen LogP contribution in [0.15, 0.2) is 22.7 Å². The van der Waals surface area contributed by atoms with E-state index in [0.29, 0.717) is 16.9 Å². The zero-order valence-electron chi connectivity index (χ0n) is 12.8. The number of hydrogen-bond acceptors (Lipinski definition) is 3. The summed E-state index contributed by atoms with van der Waals surface area (Å²) in [6.45, 7) is 0.781. The van der Waals surface area contributed by atoms with E-state index in [1.807, 2.05) is 0 Å². The number of hydrogen-bond donors (Lipinski definition) is 3. The van der Waals surface area contributed by atoms with Crippen LogP contribution in [-0.2, 0) is 4.79 Å². The molecule has 0 saturated heterocycles. The Bertz CT molecular complexity index is 582. The zero-order chi connectivity index (χ0) is 16.8. The van der Waals surface area contributed by atoms with Crippen LogP contribution in [0.1, 0.15) is 36.0 Å². The first-order chi connectivity index (χ1) is 11.0. The molecule has 2 atom stereocenters. The van der Waals surface area contributed by atoms with Crippen LogP contribution in [0.2, 0.25) is 0 Å². The summed E-state index contributed by atoms with van der Waals surface area (Å²) in [6, 6.07) is 4.04. The number of rotatable bonds is 6. The Balaban J connectivity index is 1.77. The van der Waals surface area contributed by atoms with Crippen molar-refractivity contribution < 1.29 is 14.0 Å². The van der Waals surface area contributed by atoms with Gasteiger partial charge in [-0.05, 0) is 59.4 Å². The maximum Gasteiger partial charge on any atom is 0.252 e. The molecule has 0 spiro atoms. The molecule has 2 rings (SSSR count). The molecule has 1 fully saturated rings. The van der Waals surface area contributed by atoms with Crippen molar-refractivity contribution in [1.82, 2.24) is 10.6 Å². The van der Waals surface area contributed by atoms with Gasteiger partial charge in [-0.2, -0.15) is 0 Å². The summed E-state index contributed by atoms with van der Waals surface area (Å²) < 4.78 is 13.7. The summed E-state index contributed by atoms with van der Waals surface area (Å²) in [4.78, 5) is 23.9. The molecular formula is C16H21BrFN3O2. The molecule has 1 aromatic rings. The first kappa shape index (κ1) is 17.9. The number of benzene rings is 1. The molecule has 7 heteroatoms. The minimum Gasteiger partial charge on any atom is -0.353 e. The molecule has 0 radical (unpaired) electrons. The Kier molecular flexibility index (Phi) is 6.53. The maximum atomic E-state index is 13.2. The molecule has 2 unspecified atom stereocenters. The van der Waals surface area contributed by atoms with Gasteiger partial charge in [0.15, 0.2) is 0 Å². The van der Waals surface area contributed by atoms with Gasteiger partial charge in [0.05, 0.1) is 5.56 Å². The molecular weight excluding hydrogens is 365 g/mol. The molecule has 1 aromatic carbocycles. The molecule has 0 aliphatic heterocycles. The molecule has 4 N–H and O–H groups in total. The van der Waals surface area contributed by atoms with Crippen molar-refractivity contribution in [2.45, 2.75) is 31.7 Å². The van der Waals surface area contributed by atoms with E-state index in [1.165, 1.54) is 12.1 Å². The second-order valence-electron chi connectivity index (χ2n) is 5.73. The van der Waals surface area contributed by atoms with Crippen LogP contribution in [0, 0.1) is 11.7 Å². The largest absolute Gasteiger partial charge is 0.353 e. The lowest BCUT2D eigenvalue weighted by Gasteiger charge is -2.19. The molecule has 0 heterocycles. The molecule has 0 bridgehead atoms. The number of amides is 2. The second kappa shape index (κ2) is 8.40. The van der Waals surface area contributed by atoms with Gasteiger partial charge in [0.25, 0.3) is 5.91 Å². The van der Waals surface area contributed by atoms with Crippen LogP contribution < -0.4 is 16.4 Å². The molecule has 0 aromatic heterocycles. The number of nitrogens with one attached hydrogen (secondary N) is 2. The van der Waals surface area contributed by atoms with E-state index in [1.54, 1.807) is 0 Å². The summed E-state index contributed by atoms with van der Waals surface area (Å²) in [6.07, 6.45) is 3.27. The predicted molar refractivity (Wildman–Crippen MR) is 89.4 cm³/mol. The highest BCUT2D eigenvalue weighted by atomic mass is 79.9. The average molecular weight is 386 g/mol. The van der Waals surface area contributed by atoms with Gasteiger partial charge in [-0.25, -0.2) is 4.39 Å². The van der Waals surface area contributed by atoms with Gasteiger partial charge in [-0.1, -0.05) is 6.42 Å². The van der Waals surface area contributed by atoms with Gasteiger partial charge in [0, 0.05) is 23.5 Å². The van der Waals surface area contributed by atoms with Gasteiger partial charge < -0.3 is 16.4 Å². The number of nitrogens with two attached hydrogens (primary N) is 1. The molecule has 1 saturated carbocycles. The highest BCUT2D eigenvalue weighted by Gasteiger charge is 2.27. The monoisotopic (exact) mass is 385 g/mol. The molecule has 1 aliphatic carbocycles. The van der Waals surface area contributed by atoms with E-state index in [9.17, 15) is 14.0 Å². The smallest absolute Gasteiger partial charge is 0.252 e. The first-order valence-electron chi connectivity index (χ1n) is 7.74. The normalized spacial score (nSPS) is 20.3. The van der Waals surface area contributed by atoms with Gasteiger partial charge in [0.2, 0.25) is 5.91 Å². The van der Waals surface area contributed by atoms with Crippen molar-refractivity contribution in [2.24, 2.45) is 11.7 Å². The van der Waals surface area contributed by atoms with E-state index >= 15 is 0 Å². The zero-order valence-corrected chi connectivity index (χ0v) is 14.4. The van der Waals surface area contributed by atoms with Crippen LogP contribution in [0.4, 0.5) is 4.39 Å². The van der Waals surface area contributed by atoms with E-state index in [0.717, 1.165) is 25.3 Å².